The van der Waals surface area contributed by atoms with Gasteiger partial charge < -0.3 is 14.5 Å². The highest BCUT2D eigenvalue weighted by molar-refractivity contribution is 7.18. The summed E-state index contributed by atoms with van der Waals surface area (Å²) in [6.07, 6.45) is 6.53. The summed E-state index contributed by atoms with van der Waals surface area (Å²) in [5.74, 6) is 0.832. The minimum Gasteiger partial charge on any atom is -0.490 e. The summed E-state index contributed by atoms with van der Waals surface area (Å²) in [6, 6.07) is 10.9. The fraction of sp³-hybridized carbons (Fsp3) is 0.458. The molecule has 2 aliphatic rings. The summed E-state index contributed by atoms with van der Waals surface area (Å²) >= 11 is 1.39. The third kappa shape index (κ3) is 3.93. The molecule has 0 aliphatic carbocycles. The predicted molar refractivity (Wildman–Crippen MR) is 126 cm³/mol. The Morgan fingerprint density at radius 3 is 2.56 bits per heavy atom. The third-order valence-electron chi connectivity index (χ3n) is 6.89. The molecule has 0 spiro atoms. The Morgan fingerprint density at radius 2 is 1.91 bits per heavy atom. The van der Waals surface area contributed by atoms with Gasteiger partial charge >= 0.3 is 0 Å². The van der Waals surface area contributed by atoms with E-state index < -0.39 is 0 Å². The van der Waals surface area contributed by atoms with Gasteiger partial charge in [-0.25, -0.2) is 4.98 Å². The lowest BCUT2D eigenvalue weighted by atomic mass is 10.0. The number of aromatic nitrogens is 2. The van der Waals surface area contributed by atoms with Crippen molar-refractivity contribution in [1.29, 1.82) is 0 Å². The van der Waals surface area contributed by atoms with Crippen LogP contribution in [0.4, 0.5) is 0 Å². The molecule has 1 amide bonds. The molecule has 0 unspecified atom stereocenters. The van der Waals surface area contributed by atoms with E-state index in [0.29, 0.717) is 28.8 Å². The molecular weight excluding hydrogens is 424 g/mol. The van der Waals surface area contributed by atoms with E-state index in [2.05, 4.69) is 16.9 Å². The van der Waals surface area contributed by atoms with Gasteiger partial charge in [-0.1, -0.05) is 0 Å². The molecule has 2 aliphatic heterocycles. The Hall–Kier alpha value is -2.71. The molecule has 2 saturated heterocycles. The van der Waals surface area contributed by atoms with Crippen molar-refractivity contribution < 1.29 is 9.53 Å². The molecule has 0 N–H and O–H groups in total. The maximum atomic E-state index is 13.1. The van der Waals surface area contributed by atoms with Crippen molar-refractivity contribution in [3.8, 4) is 11.4 Å². The van der Waals surface area contributed by atoms with Crippen LogP contribution in [-0.2, 0) is 11.3 Å². The SMILES string of the molecule is CC(=O)N(C)Cc1cc2ncn(-c3ccc(O[C@@H]4C[C@H]5CC[C@@H](C4)N5C)cc3)c(=O)c2s1. The zero-order valence-electron chi connectivity index (χ0n) is 18.7. The van der Waals surface area contributed by atoms with Gasteiger partial charge in [0.25, 0.3) is 5.56 Å². The standard InChI is InChI=1S/C24H28N4O3S/c1-15(29)26(2)13-21-12-22-23(32-21)24(30)28(14-25-22)16-6-8-19(9-7-16)31-20-10-17-4-5-18(11-20)27(17)3/h6-9,12,14,17-18,20H,4-5,10-11,13H2,1-3H3/t17-,18+,20-. The van der Waals surface area contributed by atoms with Crippen molar-refractivity contribution in [2.45, 2.75) is 57.3 Å². The van der Waals surface area contributed by atoms with Crippen molar-refractivity contribution in [3.63, 3.8) is 0 Å². The average molecular weight is 453 g/mol. The number of nitrogens with zero attached hydrogens (tertiary/aromatic N) is 4. The molecule has 8 heteroatoms. The highest BCUT2D eigenvalue weighted by atomic mass is 32.1. The summed E-state index contributed by atoms with van der Waals surface area (Å²) in [7, 11) is 3.98. The van der Waals surface area contributed by atoms with E-state index in [1.165, 1.54) is 31.1 Å². The number of rotatable bonds is 5. The van der Waals surface area contributed by atoms with Gasteiger partial charge in [-0.3, -0.25) is 14.2 Å². The maximum Gasteiger partial charge on any atom is 0.275 e. The van der Waals surface area contributed by atoms with Gasteiger partial charge in [-0.2, -0.15) is 0 Å². The fourth-order valence-corrected chi connectivity index (χ4v) is 6.00. The lowest BCUT2D eigenvalue weighted by Crippen LogP contribution is -2.43. The van der Waals surface area contributed by atoms with Gasteiger partial charge in [-0.05, 0) is 63.1 Å². The van der Waals surface area contributed by atoms with Crippen LogP contribution in [0, 0.1) is 0 Å². The number of fused-ring (bicyclic) bond motifs is 3. The first kappa shape index (κ1) is 21.2. The Morgan fingerprint density at radius 1 is 1.22 bits per heavy atom. The Kier molecular flexibility index (Phi) is 5.51. The second-order valence-corrected chi connectivity index (χ2v) is 10.1. The van der Waals surface area contributed by atoms with E-state index in [1.807, 2.05) is 30.3 Å². The Balaban J connectivity index is 1.33. The number of carbonyl (C=O) groups is 1. The first-order valence-electron chi connectivity index (χ1n) is 11.1. The lowest BCUT2D eigenvalue weighted by molar-refractivity contribution is -0.128. The van der Waals surface area contributed by atoms with Gasteiger partial charge in [-0.15, -0.1) is 11.3 Å². The molecule has 7 nitrogen and oxygen atoms in total. The molecule has 3 aromatic rings. The summed E-state index contributed by atoms with van der Waals surface area (Å²) in [5.41, 5.74) is 1.33. The number of thiophene rings is 1. The number of benzene rings is 1. The quantitative estimate of drug-likeness (QED) is 0.593. The van der Waals surface area contributed by atoms with Crippen molar-refractivity contribution in [3.05, 3.63) is 51.9 Å². The van der Waals surface area contributed by atoms with Crippen LogP contribution in [0.2, 0.25) is 0 Å². The average Bonchev–Trinajstić information content (AvgIpc) is 3.25. The normalized spacial score (nSPS) is 22.9. The Bertz CT molecular complexity index is 1190. The van der Waals surface area contributed by atoms with Gasteiger partial charge in [0, 0.05) is 30.9 Å². The molecule has 4 heterocycles. The van der Waals surface area contributed by atoms with Gasteiger partial charge in [0.15, 0.2) is 0 Å². The minimum absolute atomic E-state index is 0.0111. The monoisotopic (exact) mass is 452 g/mol. The number of amides is 1. The second kappa shape index (κ2) is 8.33. The van der Waals surface area contributed by atoms with Crippen LogP contribution in [0.15, 0.2) is 41.5 Å². The lowest BCUT2D eigenvalue weighted by Gasteiger charge is -2.36. The zero-order chi connectivity index (χ0) is 22.4. The first-order chi connectivity index (χ1) is 15.4. The molecule has 5 rings (SSSR count). The topological polar surface area (TPSA) is 67.7 Å². The van der Waals surface area contributed by atoms with Crippen molar-refractivity contribution in [2.75, 3.05) is 14.1 Å². The van der Waals surface area contributed by atoms with Crippen LogP contribution in [0.3, 0.4) is 0 Å². The van der Waals surface area contributed by atoms with E-state index >= 15 is 0 Å². The highest BCUT2D eigenvalue weighted by Crippen LogP contribution is 2.36. The number of hydrogen-bond acceptors (Lipinski definition) is 6. The fourth-order valence-electron chi connectivity index (χ4n) is 4.90. The van der Waals surface area contributed by atoms with Crippen LogP contribution in [-0.4, -0.2) is 57.5 Å². The molecular formula is C24H28N4O3S. The molecule has 2 bridgehead atoms. The molecule has 3 atom stereocenters. The van der Waals surface area contributed by atoms with Gasteiger partial charge in [0.1, 0.15) is 22.9 Å². The molecule has 0 radical (unpaired) electrons. The molecule has 168 valence electrons. The number of hydrogen-bond donors (Lipinski definition) is 0. The summed E-state index contributed by atoms with van der Waals surface area (Å²) in [6.45, 7) is 2.00. The van der Waals surface area contributed by atoms with Crippen LogP contribution >= 0.6 is 11.3 Å². The highest BCUT2D eigenvalue weighted by Gasteiger charge is 2.39. The minimum atomic E-state index is -0.0997. The van der Waals surface area contributed by atoms with Crippen LogP contribution < -0.4 is 10.3 Å². The summed E-state index contributed by atoms with van der Waals surface area (Å²) < 4.78 is 8.44. The number of carbonyl (C=O) groups excluding carboxylic acids is 1. The van der Waals surface area contributed by atoms with Gasteiger partial charge in [0.2, 0.25) is 5.91 Å². The first-order valence-corrected chi connectivity index (χ1v) is 11.9. The number of ether oxygens (including phenoxy) is 1. The van der Waals surface area contributed by atoms with Gasteiger partial charge in [0.05, 0.1) is 17.7 Å². The molecule has 2 aromatic heterocycles. The van der Waals surface area contributed by atoms with E-state index in [9.17, 15) is 9.59 Å². The largest absolute Gasteiger partial charge is 0.490 e. The van der Waals surface area contributed by atoms with Crippen molar-refractivity contribution in [1.82, 2.24) is 19.4 Å². The molecule has 0 saturated carbocycles. The van der Waals surface area contributed by atoms with Crippen LogP contribution in [0.25, 0.3) is 15.9 Å². The zero-order valence-corrected chi connectivity index (χ0v) is 19.5. The predicted octanol–water partition coefficient (Wildman–Crippen LogP) is 3.43. The maximum absolute atomic E-state index is 13.1. The molecule has 2 fully saturated rings. The van der Waals surface area contributed by atoms with Crippen molar-refractivity contribution >= 4 is 27.5 Å². The van der Waals surface area contributed by atoms with Crippen LogP contribution in [0.1, 0.15) is 37.5 Å². The van der Waals surface area contributed by atoms with E-state index in [0.717, 1.165) is 29.2 Å². The van der Waals surface area contributed by atoms with Crippen LogP contribution in [0.5, 0.6) is 5.75 Å². The summed E-state index contributed by atoms with van der Waals surface area (Å²) in [4.78, 5) is 34.1. The smallest absolute Gasteiger partial charge is 0.275 e. The van der Waals surface area contributed by atoms with E-state index in [1.54, 1.807) is 22.8 Å². The Labute approximate surface area is 191 Å². The second-order valence-electron chi connectivity index (χ2n) is 8.98. The van der Waals surface area contributed by atoms with E-state index in [-0.39, 0.29) is 17.6 Å². The summed E-state index contributed by atoms with van der Waals surface area (Å²) in [5, 5.41) is 0. The molecule has 1 aromatic carbocycles. The van der Waals surface area contributed by atoms with Crippen molar-refractivity contribution in [2.24, 2.45) is 0 Å². The molecule has 32 heavy (non-hydrogen) atoms. The van der Waals surface area contributed by atoms with E-state index in [4.69, 9.17) is 4.74 Å². The third-order valence-corrected chi connectivity index (χ3v) is 7.99. The number of piperidine rings is 1.